The molecule has 1 aromatic rings. The average Bonchev–Trinajstić information content (AvgIpc) is 2.65. The van der Waals surface area contributed by atoms with E-state index in [4.69, 9.17) is 17.3 Å². The highest BCUT2D eigenvalue weighted by Crippen LogP contribution is 2.16. The number of likely N-dealkylation sites (tertiary alicyclic amines) is 1. The van der Waals surface area contributed by atoms with Crippen molar-refractivity contribution in [1.82, 2.24) is 15.5 Å². The first-order valence-corrected chi connectivity index (χ1v) is 9.67. The van der Waals surface area contributed by atoms with Gasteiger partial charge in [0.05, 0.1) is 0 Å². The highest BCUT2D eigenvalue weighted by atomic mass is 127. The van der Waals surface area contributed by atoms with E-state index in [2.05, 4.69) is 20.5 Å². The molecule has 27 heavy (non-hydrogen) atoms. The number of piperidine rings is 1. The Hall–Kier alpha value is -1.06. The molecule has 6 nitrogen and oxygen atoms in total. The van der Waals surface area contributed by atoms with Crippen LogP contribution in [0.2, 0.25) is 5.02 Å². The zero-order valence-electron chi connectivity index (χ0n) is 15.9. The third-order valence-corrected chi connectivity index (χ3v) is 5.03. The Morgan fingerprint density at radius 2 is 1.89 bits per heavy atom. The Labute approximate surface area is 184 Å². The van der Waals surface area contributed by atoms with Gasteiger partial charge in [-0.2, -0.15) is 0 Å². The summed E-state index contributed by atoms with van der Waals surface area (Å²) in [6, 6.07) is 7.79. The van der Waals surface area contributed by atoms with Crippen LogP contribution in [-0.4, -0.2) is 50.0 Å². The van der Waals surface area contributed by atoms with Gasteiger partial charge in [-0.1, -0.05) is 23.7 Å². The number of carbonyl (C=O) groups is 1. The van der Waals surface area contributed by atoms with Gasteiger partial charge in [-0.3, -0.25) is 9.79 Å². The normalized spacial score (nSPS) is 15.9. The fraction of sp³-hybridized carbons (Fsp3) is 0.579. The number of nitrogens with zero attached hydrogens (tertiary/aromatic N) is 2. The number of halogens is 2. The summed E-state index contributed by atoms with van der Waals surface area (Å²) in [4.78, 5) is 17.9. The quantitative estimate of drug-likeness (QED) is 0.219. The van der Waals surface area contributed by atoms with Crippen molar-refractivity contribution in [2.75, 3.05) is 33.2 Å². The third-order valence-electron chi connectivity index (χ3n) is 4.78. The number of rotatable bonds is 8. The summed E-state index contributed by atoms with van der Waals surface area (Å²) in [5.41, 5.74) is 6.54. The first-order chi connectivity index (χ1) is 12.6. The van der Waals surface area contributed by atoms with Gasteiger partial charge in [-0.05, 0) is 63.0 Å². The summed E-state index contributed by atoms with van der Waals surface area (Å²) in [5, 5.41) is 7.39. The predicted molar refractivity (Wildman–Crippen MR) is 123 cm³/mol. The van der Waals surface area contributed by atoms with E-state index < -0.39 is 0 Å². The predicted octanol–water partition coefficient (Wildman–Crippen LogP) is 2.60. The summed E-state index contributed by atoms with van der Waals surface area (Å²) in [6.45, 7) is 4.63. The molecule has 2 rings (SSSR count). The Balaban J connectivity index is 0.00000364. The molecular formula is C19H31ClIN5O. The second kappa shape index (κ2) is 13.2. The van der Waals surface area contributed by atoms with Gasteiger partial charge < -0.3 is 21.3 Å². The molecule has 1 saturated heterocycles. The smallest absolute Gasteiger partial charge is 0.220 e. The molecule has 8 heteroatoms. The molecule has 4 N–H and O–H groups in total. The van der Waals surface area contributed by atoms with Crippen LogP contribution in [0.1, 0.15) is 31.2 Å². The number of carbonyl (C=O) groups excluding carboxylic acids is 1. The summed E-state index contributed by atoms with van der Waals surface area (Å²) in [7, 11) is 1.78. The number of hydrogen-bond donors (Lipinski definition) is 3. The zero-order chi connectivity index (χ0) is 18.8. The molecule has 1 aromatic carbocycles. The van der Waals surface area contributed by atoms with Crippen LogP contribution in [0.4, 0.5) is 0 Å². The van der Waals surface area contributed by atoms with Gasteiger partial charge in [0.15, 0.2) is 5.96 Å². The number of unbranched alkanes of at least 4 members (excludes halogenated alkanes) is 1. The minimum atomic E-state index is -0.147. The van der Waals surface area contributed by atoms with Crippen LogP contribution in [0, 0.1) is 5.92 Å². The van der Waals surface area contributed by atoms with Crippen molar-refractivity contribution in [3.05, 3.63) is 34.9 Å². The van der Waals surface area contributed by atoms with Gasteiger partial charge in [0.2, 0.25) is 5.91 Å². The summed E-state index contributed by atoms with van der Waals surface area (Å²) in [5.74, 6) is 0.733. The number of nitrogens with one attached hydrogen (secondary N) is 2. The minimum Gasteiger partial charge on any atom is -0.369 e. The molecule has 0 aliphatic carbocycles. The van der Waals surface area contributed by atoms with E-state index >= 15 is 0 Å². The van der Waals surface area contributed by atoms with Crippen molar-refractivity contribution in [1.29, 1.82) is 0 Å². The number of aliphatic imine (C=N–C) groups is 1. The maximum Gasteiger partial charge on any atom is 0.220 e. The molecule has 1 aliphatic heterocycles. The van der Waals surface area contributed by atoms with E-state index in [0.29, 0.717) is 6.54 Å². The molecule has 1 amide bonds. The Morgan fingerprint density at radius 3 is 2.48 bits per heavy atom. The lowest BCUT2D eigenvalue weighted by molar-refractivity contribution is -0.123. The summed E-state index contributed by atoms with van der Waals surface area (Å²) in [6.07, 6.45) is 4.00. The number of benzene rings is 1. The number of nitrogens with two attached hydrogens (primary N) is 1. The Morgan fingerprint density at radius 1 is 1.22 bits per heavy atom. The van der Waals surface area contributed by atoms with Crippen LogP contribution >= 0.6 is 35.6 Å². The van der Waals surface area contributed by atoms with Gasteiger partial charge in [-0.15, -0.1) is 24.0 Å². The largest absolute Gasteiger partial charge is 0.369 e. The van der Waals surface area contributed by atoms with E-state index in [9.17, 15) is 4.79 Å². The van der Waals surface area contributed by atoms with Crippen LogP contribution < -0.4 is 16.4 Å². The van der Waals surface area contributed by atoms with E-state index in [1.807, 2.05) is 24.3 Å². The van der Waals surface area contributed by atoms with Crippen molar-refractivity contribution in [2.45, 2.75) is 32.2 Å². The molecule has 0 bridgehead atoms. The van der Waals surface area contributed by atoms with E-state index in [1.54, 1.807) is 7.05 Å². The first kappa shape index (κ1) is 24.0. The SMILES string of the molecule is CN=C(NCCCCN1CCC(C(N)=O)CC1)NCc1ccc(Cl)cc1.I. The lowest BCUT2D eigenvalue weighted by Crippen LogP contribution is -2.39. The lowest BCUT2D eigenvalue weighted by Gasteiger charge is -2.30. The molecule has 1 fully saturated rings. The van der Waals surface area contributed by atoms with Crippen LogP contribution in [0.25, 0.3) is 0 Å². The monoisotopic (exact) mass is 507 g/mol. The highest BCUT2D eigenvalue weighted by Gasteiger charge is 2.22. The number of primary amides is 1. The standard InChI is InChI=1S/C19H30ClN5O.HI/c1-22-19(24-14-15-4-6-17(20)7-5-15)23-10-2-3-11-25-12-8-16(9-13-25)18(21)26;/h4-7,16H,2-3,8-14H2,1H3,(H2,21,26)(H2,22,23,24);1H. The van der Waals surface area contributed by atoms with Gasteiger partial charge >= 0.3 is 0 Å². The van der Waals surface area contributed by atoms with Crippen molar-refractivity contribution < 1.29 is 4.79 Å². The molecular weight excluding hydrogens is 477 g/mol. The number of amides is 1. The number of hydrogen-bond acceptors (Lipinski definition) is 3. The van der Waals surface area contributed by atoms with Gasteiger partial charge in [0.25, 0.3) is 0 Å². The van der Waals surface area contributed by atoms with Crippen LogP contribution in [0.15, 0.2) is 29.3 Å². The molecule has 1 heterocycles. The Kier molecular flexibility index (Phi) is 11.7. The van der Waals surface area contributed by atoms with Crippen molar-refractivity contribution in [3.63, 3.8) is 0 Å². The first-order valence-electron chi connectivity index (χ1n) is 9.29. The van der Waals surface area contributed by atoms with E-state index in [1.165, 1.54) is 0 Å². The molecule has 0 saturated carbocycles. The lowest BCUT2D eigenvalue weighted by atomic mass is 9.96. The minimum absolute atomic E-state index is 0. The second-order valence-electron chi connectivity index (χ2n) is 6.70. The average molecular weight is 508 g/mol. The zero-order valence-corrected chi connectivity index (χ0v) is 19.0. The van der Waals surface area contributed by atoms with Crippen LogP contribution in [0.5, 0.6) is 0 Å². The maximum absolute atomic E-state index is 11.2. The van der Waals surface area contributed by atoms with Crippen molar-refractivity contribution >= 4 is 47.4 Å². The van der Waals surface area contributed by atoms with Crippen LogP contribution in [0.3, 0.4) is 0 Å². The second-order valence-corrected chi connectivity index (χ2v) is 7.14. The fourth-order valence-corrected chi connectivity index (χ4v) is 3.24. The van der Waals surface area contributed by atoms with E-state index in [-0.39, 0.29) is 35.8 Å². The number of guanidine groups is 1. The fourth-order valence-electron chi connectivity index (χ4n) is 3.12. The molecule has 1 aliphatic rings. The third kappa shape index (κ3) is 9.12. The highest BCUT2D eigenvalue weighted by molar-refractivity contribution is 14.0. The van der Waals surface area contributed by atoms with Crippen LogP contribution in [-0.2, 0) is 11.3 Å². The molecule has 0 radical (unpaired) electrons. The van der Waals surface area contributed by atoms with Crippen molar-refractivity contribution in [2.24, 2.45) is 16.6 Å². The van der Waals surface area contributed by atoms with Crippen molar-refractivity contribution in [3.8, 4) is 0 Å². The molecule has 0 aromatic heterocycles. The Bertz CT molecular complexity index is 588. The maximum atomic E-state index is 11.2. The van der Waals surface area contributed by atoms with Gasteiger partial charge in [0, 0.05) is 31.1 Å². The topological polar surface area (TPSA) is 82.8 Å². The molecule has 0 unspecified atom stereocenters. The molecule has 0 atom stereocenters. The molecule has 152 valence electrons. The summed E-state index contributed by atoms with van der Waals surface area (Å²) >= 11 is 5.90. The van der Waals surface area contributed by atoms with Gasteiger partial charge in [0.1, 0.15) is 0 Å². The summed E-state index contributed by atoms with van der Waals surface area (Å²) < 4.78 is 0. The van der Waals surface area contributed by atoms with E-state index in [0.717, 1.165) is 68.4 Å². The molecule has 0 spiro atoms. The van der Waals surface area contributed by atoms with Gasteiger partial charge in [-0.25, -0.2) is 0 Å².